The molecule has 0 N–H and O–H groups in total. The molecule has 1 aromatic heterocycles. The zero-order valence-corrected chi connectivity index (χ0v) is 10.3. The van der Waals surface area contributed by atoms with Crippen LogP contribution < -0.4 is 0 Å². The largest absolute Gasteiger partial charge is 0.333 e. The van der Waals surface area contributed by atoms with E-state index in [1.807, 2.05) is 13.2 Å². The first-order chi connectivity index (χ1) is 8.25. The molecule has 0 atom stereocenters. The number of aromatic nitrogens is 2. The lowest BCUT2D eigenvalue weighted by atomic mass is 10.1. The number of carbonyl (C=O) groups is 1. The molecule has 0 unspecified atom stereocenters. The third kappa shape index (κ3) is 2.08. The van der Waals surface area contributed by atoms with E-state index in [0.29, 0.717) is 12.1 Å². The van der Waals surface area contributed by atoms with Gasteiger partial charge in [0.05, 0.1) is 11.8 Å². The highest BCUT2D eigenvalue weighted by Crippen LogP contribution is 2.35. The molecule has 3 rings (SSSR count). The van der Waals surface area contributed by atoms with Gasteiger partial charge in [-0.1, -0.05) is 12.8 Å². The first-order valence-electron chi connectivity index (χ1n) is 6.57. The average molecular weight is 233 g/mol. The molecular formula is C13H19N3O. The first kappa shape index (κ1) is 10.8. The molecular weight excluding hydrogens is 214 g/mol. The SMILES string of the molecule is Cn1cc(C(=O)N(C2CCCC2)C2CC2)cn1. The molecule has 0 aromatic carbocycles. The molecule has 1 aromatic rings. The number of nitrogens with zero attached hydrogens (tertiary/aromatic N) is 3. The quantitative estimate of drug-likeness (QED) is 0.800. The van der Waals surface area contributed by atoms with Gasteiger partial charge in [-0.05, 0) is 25.7 Å². The van der Waals surface area contributed by atoms with Crippen molar-refractivity contribution in [2.75, 3.05) is 0 Å². The molecule has 2 saturated carbocycles. The Morgan fingerprint density at radius 1 is 1.29 bits per heavy atom. The van der Waals surface area contributed by atoms with Crippen LogP contribution in [-0.2, 0) is 7.05 Å². The average Bonchev–Trinajstić information content (AvgIpc) is 2.82. The van der Waals surface area contributed by atoms with Crippen molar-refractivity contribution in [2.45, 2.75) is 50.6 Å². The van der Waals surface area contributed by atoms with Crippen molar-refractivity contribution >= 4 is 5.91 Å². The Labute approximate surface area is 102 Å². The van der Waals surface area contributed by atoms with Gasteiger partial charge < -0.3 is 4.90 Å². The van der Waals surface area contributed by atoms with E-state index in [9.17, 15) is 4.79 Å². The van der Waals surface area contributed by atoms with Gasteiger partial charge >= 0.3 is 0 Å². The smallest absolute Gasteiger partial charge is 0.257 e. The van der Waals surface area contributed by atoms with Crippen LogP contribution in [0.5, 0.6) is 0 Å². The molecule has 4 heteroatoms. The molecule has 1 amide bonds. The number of carbonyl (C=O) groups excluding carboxylic acids is 1. The number of aryl methyl sites for hydroxylation is 1. The maximum atomic E-state index is 12.5. The Balaban J connectivity index is 1.80. The Morgan fingerprint density at radius 3 is 2.47 bits per heavy atom. The lowest BCUT2D eigenvalue weighted by Gasteiger charge is -2.28. The molecule has 0 bridgehead atoms. The second-order valence-electron chi connectivity index (χ2n) is 5.28. The summed E-state index contributed by atoms with van der Waals surface area (Å²) >= 11 is 0. The van der Waals surface area contributed by atoms with Crippen molar-refractivity contribution in [3.05, 3.63) is 18.0 Å². The number of hydrogen-bond donors (Lipinski definition) is 0. The van der Waals surface area contributed by atoms with Gasteiger partial charge in [0.15, 0.2) is 0 Å². The van der Waals surface area contributed by atoms with Gasteiger partial charge in [0.25, 0.3) is 5.91 Å². The van der Waals surface area contributed by atoms with E-state index in [4.69, 9.17) is 0 Å². The Kier molecular flexibility index (Phi) is 2.65. The fraction of sp³-hybridized carbons (Fsp3) is 0.692. The second-order valence-corrected chi connectivity index (χ2v) is 5.28. The van der Waals surface area contributed by atoms with Gasteiger partial charge in [-0.25, -0.2) is 0 Å². The predicted octanol–water partition coefficient (Wildman–Crippen LogP) is 1.97. The van der Waals surface area contributed by atoms with Crippen LogP contribution in [0.2, 0.25) is 0 Å². The Morgan fingerprint density at radius 2 is 1.94 bits per heavy atom. The van der Waals surface area contributed by atoms with Crippen LogP contribution in [0.1, 0.15) is 48.9 Å². The molecule has 2 fully saturated rings. The van der Waals surface area contributed by atoms with E-state index in [1.54, 1.807) is 10.9 Å². The van der Waals surface area contributed by atoms with E-state index >= 15 is 0 Å². The summed E-state index contributed by atoms with van der Waals surface area (Å²) in [5.74, 6) is 0.188. The lowest BCUT2D eigenvalue weighted by Crippen LogP contribution is -2.40. The van der Waals surface area contributed by atoms with Crippen LogP contribution in [0.15, 0.2) is 12.4 Å². The molecule has 2 aliphatic carbocycles. The van der Waals surface area contributed by atoms with Crippen molar-refractivity contribution in [1.82, 2.24) is 14.7 Å². The summed E-state index contributed by atoms with van der Waals surface area (Å²) in [4.78, 5) is 14.6. The van der Waals surface area contributed by atoms with E-state index in [0.717, 1.165) is 5.56 Å². The van der Waals surface area contributed by atoms with Crippen molar-refractivity contribution in [3.63, 3.8) is 0 Å². The standard InChI is InChI=1S/C13H19N3O/c1-15-9-10(8-14-15)13(17)16(12-6-7-12)11-4-2-3-5-11/h8-9,11-12H,2-7H2,1H3. The molecule has 17 heavy (non-hydrogen) atoms. The van der Waals surface area contributed by atoms with Crippen molar-refractivity contribution in [1.29, 1.82) is 0 Å². The zero-order valence-electron chi connectivity index (χ0n) is 10.3. The first-order valence-corrected chi connectivity index (χ1v) is 6.57. The van der Waals surface area contributed by atoms with Gasteiger partial charge in [0, 0.05) is 25.3 Å². The normalized spacial score (nSPS) is 20.8. The summed E-state index contributed by atoms with van der Waals surface area (Å²) in [6.45, 7) is 0. The van der Waals surface area contributed by atoms with Crippen LogP contribution in [0.4, 0.5) is 0 Å². The monoisotopic (exact) mass is 233 g/mol. The van der Waals surface area contributed by atoms with Crippen molar-refractivity contribution in [2.24, 2.45) is 7.05 Å². The molecule has 0 aliphatic heterocycles. The van der Waals surface area contributed by atoms with E-state index < -0.39 is 0 Å². The van der Waals surface area contributed by atoms with E-state index in [-0.39, 0.29) is 5.91 Å². The molecule has 0 radical (unpaired) electrons. The highest BCUT2D eigenvalue weighted by atomic mass is 16.2. The molecule has 1 heterocycles. The third-order valence-electron chi connectivity index (χ3n) is 3.84. The minimum absolute atomic E-state index is 0.188. The van der Waals surface area contributed by atoms with Gasteiger partial charge in [-0.2, -0.15) is 5.10 Å². The van der Waals surface area contributed by atoms with Gasteiger partial charge in [0.1, 0.15) is 0 Å². The van der Waals surface area contributed by atoms with E-state index in [1.165, 1.54) is 38.5 Å². The minimum atomic E-state index is 0.188. The van der Waals surface area contributed by atoms with Crippen LogP contribution in [-0.4, -0.2) is 32.7 Å². The van der Waals surface area contributed by atoms with Gasteiger partial charge in [-0.15, -0.1) is 0 Å². The van der Waals surface area contributed by atoms with Crippen LogP contribution in [0.25, 0.3) is 0 Å². The number of hydrogen-bond acceptors (Lipinski definition) is 2. The maximum absolute atomic E-state index is 12.5. The molecule has 0 saturated heterocycles. The minimum Gasteiger partial charge on any atom is -0.333 e. The fourth-order valence-corrected chi connectivity index (χ4v) is 2.85. The lowest BCUT2D eigenvalue weighted by molar-refractivity contribution is 0.0664. The Hall–Kier alpha value is -1.32. The molecule has 4 nitrogen and oxygen atoms in total. The highest BCUT2D eigenvalue weighted by Gasteiger charge is 2.38. The second kappa shape index (κ2) is 4.17. The summed E-state index contributed by atoms with van der Waals surface area (Å²) in [6, 6.07) is 0.987. The molecule has 0 spiro atoms. The van der Waals surface area contributed by atoms with Crippen molar-refractivity contribution < 1.29 is 4.79 Å². The van der Waals surface area contributed by atoms with Gasteiger partial charge in [0.2, 0.25) is 0 Å². The molecule has 92 valence electrons. The highest BCUT2D eigenvalue weighted by molar-refractivity contribution is 5.94. The van der Waals surface area contributed by atoms with Gasteiger partial charge in [-0.3, -0.25) is 9.48 Å². The fourth-order valence-electron chi connectivity index (χ4n) is 2.85. The topological polar surface area (TPSA) is 38.1 Å². The Bertz CT molecular complexity index is 416. The van der Waals surface area contributed by atoms with Crippen LogP contribution in [0, 0.1) is 0 Å². The van der Waals surface area contributed by atoms with Crippen LogP contribution in [0.3, 0.4) is 0 Å². The summed E-state index contributed by atoms with van der Waals surface area (Å²) in [5.41, 5.74) is 0.742. The number of amides is 1. The number of rotatable bonds is 3. The maximum Gasteiger partial charge on any atom is 0.257 e. The molecule has 2 aliphatic rings. The predicted molar refractivity (Wildman–Crippen MR) is 64.7 cm³/mol. The summed E-state index contributed by atoms with van der Waals surface area (Å²) in [6.07, 6.45) is 10.8. The van der Waals surface area contributed by atoms with Crippen molar-refractivity contribution in [3.8, 4) is 0 Å². The summed E-state index contributed by atoms with van der Waals surface area (Å²) < 4.78 is 1.70. The third-order valence-corrected chi connectivity index (χ3v) is 3.84. The van der Waals surface area contributed by atoms with Crippen LogP contribution >= 0.6 is 0 Å². The zero-order chi connectivity index (χ0) is 11.8. The van der Waals surface area contributed by atoms with E-state index in [2.05, 4.69) is 10.00 Å². The summed E-state index contributed by atoms with van der Waals surface area (Å²) in [7, 11) is 1.85. The summed E-state index contributed by atoms with van der Waals surface area (Å²) in [5, 5.41) is 4.10.